The number of halogens is 1. The number of carboxylic acids is 1. The molecule has 118 heavy (non-hydrogen) atoms. The second kappa shape index (κ2) is 28.4. The minimum absolute atomic E-state index is 0. The molecule has 3 aromatic heterocycles. The fourth-order valence-electron chi connectivity index (χ4n) is 35.1. The van der Waals surface area contributed by atoms with Crippen LogP contribution in [-0.4, -0.2) is 67.8 Å². The number of nitrogens with one attached hydrogen (secondary N) is 3. The SMILES string of the molecule is C=CC1=C2[C@@H]3CC(C)(C)CC[C@]3(C(=O)OC)CC[C@@]2(C)[C@]2(C)CC[C@H]3C(C)(C)c4[nH]nc(N)c4C[C@]3(C)C2C1.CCC1=C2[C@@H]3CC(C)(C)CC[C@]3(C(=O)O)CC[C@@]2(C)[C@]2(C)CC[C@H]3C(C)(C)c4[nH]nc(N)c4C[C@]3(C)C2C1.CCC1=C2[C@@H]3CC(C)(C)CC[C@]3(C(=O)OC)CC[C@@]2(C)[C@]2(C)CC[C@H]3C(C)(C)c4[nH]nc(N)c4C[C@]3(C)C2C1.[I-].[Li+]. The Morgan fingerprint density at radius 1 is 0.424 bits per heavy atom. The molecule has 0 spiro atoms. The van der Waals surface area contributed by atoms with Crippen LogP contribution in [0.5, 0.6) is 0 Å². The third kappa shape index (κ3) is 11.7. The van der Waals surface area contributed by atoms with Gasteiger partial charge in [0.25, 0.3) is 0 Å². The number of nitrogens with zero attached hydrogens (tertiary/aromatic N) is 3. The minimum Gasteiger partial charge on any atom is -1.00 e. The van der Waals surface area contributed by atoms with Crippen molar-refractivity contribution in [2.75, 3.05) is 31.4 Å². The maximum absolute atomic E-state index is 13.6. The summed E-state index contributed by atoms with van der Waals surface area (Å²) in [6.45, 7) is 61.3. The summed E-state index contributed by atoms with van der Waals surface area (Å²) in [5.74, 6) is 5.62. The van der Waals surface area contributed by atoms with Gasteiger partial charge in [-0.2, -0.15) is 15.3 Å². The van der Waals surface area contributed by atoms with E-state index in [1.165, 1.54) is 77.9 Å². The van der Waals surface area contributed by atoms with Crippen molar-refractivity contribution >= 4 is 35.4 Å². The number of esters is 2. The smallest absolute Gasteiger partial charge is 1.00 e. The Bertz CT molecular complexity index is 4660. The number of carbonyl (C=O) groups excluding carboxylic acids is 2. The summed E-state index contributed by atoms with van der Waals surface area (Å²) in [5, 5.41) is 34.2. The topological polar surface area (TPSA) is 254 Å². The first-order valence-electron chi connectivity index (χ1n) is 46.5. The Morgan fingerprint density at radius 2 is 0.703 bits per heavy atom. The van der Waals surface area contributed by atoms with Crippen LogP contribution in [0.2, 0.25) is 0 Å². The molecule has 15 aliphatic carbocycles. The predicted octanol–water partition coefficient (Wildman–Crippen LogP) is 17.0. The number of ether oxygens (including phenoxy) is 2. The number of H-pyrrole nitrogens is 3. The van der Waals surface area contributed by atoms with Crippen molar-refractivity contribution in [3.8, 4) is 0 Å². The van der Waals surface area contributed by atoms with Gasteiger partial charge < -0.3 is 55.8 Å². The maximum atomic E-state index is 13.6. The first kappa shape index (κ1) is 90.0. The maximum Gasteiger partial charge on any atom is 1.00 e. The van der Waals surface area contributed by atoms with Gasteiger partial charge in [-0.15, -0.1) is 0 Å². The second-order valence-corrected chi connectivity index (χ2v) is 48.8. The number of hydrogen-bond donors (Lipinski definition) is 7. The zero-order chi connectivity index (χ0) is 84.5. The van der Waals surface area contributed by atoms with E-state index in [9.17, 15) is 19.5 Å². The van der Waals surface area contributed by atoms with Crippen molar-refractivity contribution in [1.82, 2.24) is 30.6 Å². The van der Waals surface area contributed by atoms with Crippen LogP contribution in [0, 0.1) is 134 Å². The molecular weight excluding hydrogens is 1570 g/mol. The molecule has 9 saturated carbocycles. The van der Waals surface area contributed by atoms with E-state index in [1.807, 2.05) is 0 Å². The van der Waals surface area contributed by atoms with Gasteiger partial charge in [-0.05, 0) is 310 Å². The van der Waals surface area contributed by atoms with Crippen molar-refractivity contribution < 1.29 is 71.8 Å². The average Bonchev–Trinajstić information content (AvgIpc) is 0.822. The van der Waals surface area contributed by atoms with E-state index in [-0.39, 0.29) is 153 Å². The molecule has 3 unspecified atom stereocenters. The first-order chi connectivity index (χ1) is 53.8. The van der Waals surface area contributed by atoms with Crippen LogP contribution in [-0.2, 0) is 59.4 Å². The van der Waals surface area contributed by atoms with Crippen LogP contribution in [0.4, 0.5) is 17.5 Å². The van der Waals surface area contributed by atoms with Crippen LogP contribution < -0.4 is 60.0 Å². The van der Waals surface area contributed by atoms with Crippen molar-refractivity contribution in [2.24, 2.45) is 134 Å². The molecule has 18 rings (SSSR count). The number of aliphatic carboxylic acids is 1. The summed E-state index contributed by atoms with van der Waals surface area (Å²) in [7, 11) is 3.20. The van der Waals surface area contributed by atoms with Gasteiger partial charge in [-0.3, -0.25) is 29.7 Å². The summed E-state index contributed by atoms with van der Waals surface area (Å²) >= 11 is 0. The average molecular weight is 1730 g/mol. The molecule has 0 aliphatic heterocycles. The third-order valence-corrected chi connectivity index (χ3v) is 41.8. The molecule has 15 aliphatic rings. The number of aromatic nitrogens is 6. The Morgan fingerprint density at radius 3 is 1.01 bits per heavy atom. The van der Waals surface area contributed by atoms with Gasteiger partial charge in [0, 0.05) is 50.0 Å². The number of rotatable bonds is 6. The molecule has 17 heteroatoms. The van der Waals surface area contributed by atoms with Gasteiger partial charge >= 0.3 is 36.8 Å². The zero-order valence-corrected chi connectivity index (χ0v) is 80.6. The first-order valence-corrected chi connectivity index (χ1v) is 46.5. The zero-order valence-electron chi connectivity index (χ0n) is 78.4. The largest absolute Gasteiger partial charge is 1.00 e. The number of aromatic amines is 3. The van der Waals surface area contributed by atoms with Gasteiger partial charge in [-0.1, -0.05) is 200 Å². The van der Waals surface area contributed by atoms with Crippen LogP contribution >= 0.6 is 0 Å². The third-order valence-electron chi connectivity index (χ3n) is 41.8. The molecule has 15 nitrogen and oxygen atoms in total. The summed E-state index contributed by atoms with van der Waals surface area (Å²) in [5.41, 5.74) is 36.8. The number of nitrogen functional groups attached to an aromatic ring is 3. The number of carboxylic acid groups (broad SMARTS) is 1. The van der Waals surface area contributed by atoms with E-state index in [1.54, 1.807) is 42.1 Å². The van der Waals surface area contributed by atoms with Crippen molar-refractivity contribution in [2.45, 2.75) is 362 Å². The molecule has 0 radical (unpaired) electrons. The number of hydrogen-bond acceptors (Lipinski definition) is 11. The number of methoxy groups -OCH3 is 2. The van der Waals surface area contributed by atoms with Crippen LogP contribution in [0.1, 0.15) is 360 Å². The quantitative estimate of drug-likeness (QED) is 0.0527. The summed E-state index contributed by atoms with van der Waals surface area (Å²) in [6, 6.07) is 0. The molecule has 10 N–H and O–H groups in total. The van der Waals surface area contributed by atoms with Gasteiger partial charge in [0.05, 0.1) is 30.5 Å². The van der Waals surface area contributed by atoms with E-state index in [2.05, 4.69) is 202 Å². The molecule has 3 heterocycles. The Hall–Kier alpha value is -4.27. The normalized spacial score (nSPS) is 43.4. The molecule has 3 aromatic rings. The number of anilines is 3. The summed E-state index contributed by atoms with van der Waals surface area (Å²) in [4.78, 5) is 40.3. The van der Waals surface area contributed by atoms with Gasteiger partial charge in [0.15, 0.2) is 0 Å². The fraction of sp³-hybridized carbons (Fsp3) is 0.802. The Balaban J connectivity index is 0.000000144. The van der Waals surface area contributed by atoms with E-state index in [0.717, 1.165) is 148 Å². The van der Waals surface area contributed by atoms with Crippen molar-refractivity contribution in [3.05, 3.63) is 79.9 Å². The molecular formula is C101H155ILiN9O6. The van der Waals surface area contributed by atoms with Gasteiger partial charge in [-0.25, -0.2) is 0 Å². The number of nitrogens with two attached hydrogens (primary N) is 3. The summed E-state index contributed by atoms with van der Waals surface area (Å²) < 4.78 is 11.2. The molecule has 0 aromatic carbocycles. The van der Waals surface area contributed by atoms with Crippen molar-refractivity contribution in [1.29, 1.82) is 0 Å². The standard InChI is InChI=1S/C34H53N3O2.C34H51N3O2.C33H51N3O2.HI.Li/c2*1-10-20-17-24-31(6)18-21-26(36-37-27(21)35)30(4,5)23(31)11-12-32(24,7)33(8)14-16-34(28(38)39-9)15-13-29(2,3)19-22(34)25(20)33;1-9-19-16-23-30(6)17-20-25(35-36-26(20)34)29(4,5)22(30)10-11-31(23,7)32(8)13-15-33(27(37)38)14-12-28(2,3)18-21(33)24(19)32;;/h22-24H,10-19H2,1-9H3,(H3,35,36,37);10,22-24H,1,11-19H2,2-9H3,(H3,35,36,37);21-23H,9-18H2,1-8H3,(H,37,38)(H3,34,35,36);1H;/q;;;;+1/p-1/t2*22-,23-,24?,31-,32+,33+,34-;21-,22-,23?,30-,31+,32+,33-;;/m000../s1. The molecule has 21 atom stereocenters. The van der Waals surface area contributed by atoms with Crippen LogP contribution in [0.3, 0.4) is 0 Å². The Labute approximate surface area is 739 Å². The van der Waals surface area contributed by atoms with E-state index in [0.29, 0.717) is 58.9 Å². The van der Waals surface area contributed by atoms with Crippen LogP contribution in [0.15, 0.2) is 46.1 Å². The molecule has 0 saturated heterocycles. The Kier molecular flexibility index (Phi) is 21.6. The monoisotopic (exact) mass is 1720 g/mol. The predicted molar refractivity (Wildman–Crippen MR) is 467 cm³/mol. The molecule has 0 bridgehead atoms. The summed E-state index contributed by atoms with van der Waals surface area (Å²) in [6.07, 6.45) is 32.8. The molecule has 9 fully saturated rings. The van der Waals surface area contributed by atoms with E-state index in [4.69, 9.17) is 26.7 Å². The van der Waals surface area contributed by atoms with E-state index >= 15 is 0 Å². The van der Waals surface area contributed by atoms with Gasteiger partial charge in [0.2, 0.25) is 0 Å². The minimum atomic E-state index is -0.581. The number of allylic oxidation sites excluding steroid dienone is 7. The number of carbonyl (C=O) groups is 3. The molecule has 648 valence electrons. The van der Waals surface area contributed by atoms with Crippen molar-refractivity contribution in [3.63, 3.8) is 0 Å². The van der Waals surface area contributed by atoms with Gasteiger partial charge in [0.1, 0.15) is 17.5 Å². The molecule has 0 amide bonds. The second-order valence-electron chi connectivity index (χ2n) is 48.8. The fourth-order valence-corrected chi connectivity index (χ4v) is 35.1. The number of fused-ring (bicyclic) bond motifs is 24. The van der Waals surface area contributed by atoms with Crippen LogP contribution in [0.25, 0.3) is 0 Å². The van der Waals surface area contributed by atoms with E-state index < -0.39 is 16.8 Å².